The highest BCUT2D eigenvalue weighted by atomic mass is 16.3. The van der Waals surface area contributed by atoms with Crippen LogP contribution < -0.4 is 5.32 Å². The average Bonchev–Trinajstić information content (AvgIpc) is 3.33. The molecule has 0 heterocycles. The van der Waals surface area contributed by atoms with E-state index in [1.807, 2.05) is 0 Å². The fourth-order valence-corrected chi connectivity index (χ4v) is 9.08. The van der Waals surface area contributed by atoms with Crippen LogP contribution >= 0.6 is 0 Å². The van der Waals surface area contributed by atoms with E-state index in [4.69, 9.17) is 0 Å². The zero-order valence-corrected chi connectivity index (χ0v) is 44.7. The van der Waals surface area contributed by atoms with E-state index in [0.717, 1.165) is 51.4 Å². The summed E-state index contributed by atoms with van der Waals surface area (Å²) in [6, 6.07) is -1.01. The van der Waals surface area contributed by atoms with E-state index in [0.29, 0.717) is 19.3 Å². The number of rotatable bonds is 54. The highest BCUT2D eigenvalue weighted by molar-refractivity contribution is 5.80. The Kier molecular flexibility index (Phi) is 53.8. The zero-order chi connectivity index (χ0) is 48.8. The second-order valence-corrected chi connectivity index (χ2v) is 20.3. The summed E-state index contributed by atoms with van der Waals surface area (Å²) in [5, 5.41) is 44.0. The third kappa shape index (κ3) is 49.1. The van der Waals surface area contributed by atoms with Crippen molar-refractivity contribution in [1.82, 2.24) is 5.32 Å². The predicted octanol–water partition coefficient (Wildman–Crippen LogP) is 17.4. The van der Waals surface area contributed by atoms with Crippen LogP contribution in [0.15, 0.2) is 48.6 Å². The quantitative estimate of drug-likeness (QED) is 0.0308. The summed E-state index contributed by atoms with van der Waals surface area (Å²) >= 11 is 0. The molecular weight excluding hydrogens is 827 g/mol. The molecule has 6 heteroatoms. The van der Waals surface area contributed by atoms with Gasteiger partial charge in [0.25, 0.3) is 0 Å². The molecule has 4 unspecified atom stereocenters. The Labute approximate surface area is 417 Å². The van der Waals surface area contributed by atoms with Crippen molar-refractivity contribution in [3.8, 4) is 0 Å². The van der Waals surface area contributed by atoms with Gasteiger partial charge in [-0.3, -0.25) is 4.79 Å². The molecule has 0 aliphatic heterocycles. The molecule has 0 aromatic carbocycles. The first-order chi connectivity index (χ1) is 33.0. The van der Waals surface area contributed by atoms with Crippen LogP contribution in [0.5, 0.6) is 0 Å². The first-order valence-electron chi connectivity index (χ1n) is 29.5. The lowest BCUT2D eigenvalue weighted by Gasteiger charge is -2.27. The molecule has 4 atom stereocenters. The van der Waals surface area contributed by atoms with Crippen LogP contribution in [0, 0.1) is 0 Å². The first-order valence-corrected chi connectivity index (χ1v) is 29.5. The zero-order valence-electron chi connectivity index (χ0n) is 44.7. The maximum absolute atomic E-state index is 12.6. The predicted molar refractivity (Wildman–Crippen MR) is 293 cm³/mol. The molecule has 0 rings (SSSR count). The lowest BCUT2D eigenvalue weighted by atomic mass is 10.00. The SMILES string of the molecule is CCCCCCCCC/C=C/CC/C=C/CC/C=C/CCCC(O)C(O)C(CO)NC(=O)C(O)CCCCCCCCCCCCCCCCC/C=C\CCCCCCCCCCCCCC. The molecule has 0 saturated carbocycles. The Morgan fingerprint density at radius 1 is 0.358 bits per heavy atom. The molecule has 6 nitrogen and oxygen atoms in total. The van der Waals surface area contributed by atoms with E-state index in [1.54, 1.807) is 0 Å². The highest BCUT2D eigenvalue weighted by Gasteiger charge is 2.28. The molecular formula is C61H115NO5. The topological polar surface area (TPSA) is 110 Å². The summed E-state index contributed by atoms with van der Waals surface area (Å²) in [6.45, 7) is 4.06. The maximum atomic E-state index is 12.6. The summed E-state index contributed by atoms with van der Waals surface area (Å²) in [6.07, 6.45) is 70.5. The molecule has 0 radical (unpaired) electrons. The van der Waals surface area contributed by atoms with Gasteiger partial charge in [0, 0.05) is 0 Å². The Hall–Kier alpha value is -1.73. The first kappa shape index (κ1) is 65.3. The fraction of sp³-hybridized carbons (Fsp3) is 0.852. The van der Waals surface area contributed by atoms with Gasteiger partial charge < -0.3 is 25.7 Å². The highest BCUT2D eigenvalue weighted by Crippen LogP contribution is 2.17. The summed E-state index contributed by atoms with van der Waals surface area (Å²) < 4.78 is 0. The number of amides is 1. The van der Waals surface area contributed by atoms with E-state index >= 15 is 0 Å². The van der Waals surface area contributed by atoms with Crippen molar-refractivity contribution in [2.24, 2.45) is 0 Å². The number of carbonyl (C=O) groups excluding carboxylic acids is 1. The third-order valence-electron chi connectivity index (χ3n) is 13.7. The molecule has 0 fully saturated rings. The van der Waals surface area contributed by atoms with Gasteiger partial charge in [0.2, 0.25) is 5.91 Å². The van der Waals surface area contributed by atoms with Gasteiger partial charge >= 0.3 is 0 Å². The molecule has 1 amide bonds. The van der Waals surface area contributed by atoms with E-state index in [1.165, 1.54) is 218 Å². The van der Waals surface area contributed by atoms with Crippen molar-refractivity contribution >= 4 is 5.91 Å². The van der Waals surface area contributed by atoms with Crippen molar-refractivity contribution in [1.29, 1.82) is 0 Å². The number of nitrogens with one attached hydrogen (secondary N) is 1. The lowest BCUT2D eigenvalue weighted by molar-refractivity contribution is -0.132. The van der Waals surface area contributed by atoms with Crippen LogP contribution in [-0.4, -0.2) is 57.3 Å². The summed E-state index contributed by atoms with van der Waals surface area (Å²) in [5.74, 6) is -0.597. The van der Waals surface area contributed by atoms with Gasteiger partial charge in [-0.2, -0.15) is 0 Å². The summed E-state index contributed by atoms with van der Waals surface area (Å²) in [7, 11) is 0. The van der Waals surface area contributed by atoms with Crippen molar-refractivity contribution in [2.45, 2.75) is 327 Å². The molecule has 67 heavy (non-hydrogen) atoms. The molecule has 0 aromatic rings. The standard InChI is InChI=1S/C61H115NO5/c1-3-5-7-9-11-13-15-17-19-21-23-25-26-27-28-29-30-31-32-33-34-35-37-39-41-43-45-47-49-51-53-55-59(65)61(67)62-57(56-63)60(66)58(64)54-52-50-48-46-44-42-40-38-36-24-22-20-18-16-14-12-10-8-6-4-2/h20,22,27-28,38,40,46,48,57-60,63-66H,3-19,21,23-26,29-37,39,41-45,47,49-56H2,1-2H3,(H,62,67)/b22-20+,28-27-,40-38+,48-46+. The van der Waals surface area contributed by atoms with Crippen LogP contribution in [0.25, 0.3) is 0 Å². The van der Waals surface area contributed by atoms with E-state index < -0.39 is 36.9 Å². The minimum absolute atomic E-state index is 0.359. The maximum Gasteiger partial charge on any atom is 0.249 e. The fourth-order valence-electron chi connectivity index (χ4n) is 9.08. The van der Waals surface area contributed by atoms with E-state index in [-0.39, 0.29) is 0 Å². The van der Waals surface area contributed by atoms with E-state index in [9.17, 15) is 25.2 Å². The Balaban J connectivity index is 3.64. The minimum atomic E-state index is -1.29. The van der Waals surface area contributed by atoms with Gasteiger partial charge in [-0.15, -0.1) is 0 Å². The molecule has 5 N–H and O–H groups in total. The largest absolute Gasteiger partial charge is 0.394 e. The van der Waals surface area contributed by atoms with Crippen LogP contribution in [-0.2, 0) is 4.79 Å². The van der Waals surface area contributed by atoms with Crippen molar-refractivity contribution < 1.29 is 25.2 Å². The van der Waals surface area contributed by atoms with Crippen molar-refractivity contribution in [2.75, 3.05) is 6.61 Å². The number of unbranched alkanes of at least 4 members (excludes halogenated alkanes) is 37. The molecule has 0 aliphatic carbocycles. The van der Waals surface area contributed by atoms with Gasteiger partial charge in [-0.25, -0.2) is 0 Å². The molecule has 0 aliphatic rings. The van der Waals surface area contributed by atoms with Crippen LogP contribution in [0.4, 0.5) is 0 Å². The second kappa shape index (κ2) is 55.2. The smallest absolute Gasteiger partial charge is 0.249 e. The molecule has 0 spiro atoms. The number of aliphatic hydroxyl groups excluding tert-OH is 4. The lowest BCUT2D eigenvalue weighted by Crippen LogP contribution is -2.53. The number of carbonyl (C=O) groups is 1. The Morgan fingerprint density at radius 3 is 0.940 bits per heavy atom. The van der Waals surface area contributed by atoms with Gasteiger partial charge in [0.05, 0.1) is 18.8 Å². The molecule has 394 valence electrons. The number of aliphatic hydroxyl groups is 4. The minimum Gasteiger partial charge on any atom is -0.394 e. The van der Waals surface area contributed by atoms with Crippen LogP contribution in [0.1, 0.15) is 303 Å². The second-order valence-electron chi connectivity index (χ2n) is 20.3. The van der Waals surface area contributed by atoms with Crippen molar-refractivity contribution in [3.63, 3.8) is 0 Å². The van der Waals surface area contributed by atoms with Crippen LogP contribution in [0.2, 0.25) is 0 Å². The van der Waals surface area contributed by atoms with Gasteiger partial charge in [0.1, 0.15) is 12.2 Å². The third-order valence-corrected chi connectivity index (χ3v) is 13.7. The summed E-state index contributed by atoms with van der Waals surface area (Å²) in [4.78, 5) is 12.6. The number of hydrogen-bond acceptors (Lipinski definition) is 5. The van der Waals surface area contributed by atoms with Gasteiger partial charge in [-0.05, 0) is 89.9 Å². The van der Waals surface area contributed by atoms with Gasteiger partial charge in [0.15, 0.2) is 0 Å². The van der Waals surface area contributed by atoms with E-state index in [2.05, 4.69) is 67.8 Å². The number of allylic oxidation sites excluding steroid dienone is 8. The Bertz CT molecular complexity index is 1100. The summed E-state index contributed by atoms with van der Waals surface area (Å²) in [5.41, 5.74) is 0. The molecule has 0 aromatic heterocycles. The molecule has 0 saturated heterocycles. The monoisotopic (exact) mass is 942 g/mol. The van der Waals surface area contributed by atoms with Crippen LogP contribution in [0.3, 0.4) is 0 Å². The Morgan fingerprint density at radius 2 is 0.627 bits per heavy atom. The average molecular weight is 943 g/mol. The van der Waals surface area contributed by atoms with Gasteiger partial charge in [-0.1, -0.05) is 262 Å². The normalized spacial score (nSPS) is 14.1. The van der Waals surface area contributed by atoms with Crippen molar-refractivity contribution in [3.05, 3.63) is 48.6 Å². The molecule has 0 bridgehead atoms. The number of hydrogen-bond donors (Lipinski definition) is 5.